The van der Waals surface area contributed by atoms with Gasteiger partial charge >= 0.3 is 0 Å². The van der Waals surface area contributed by atoms with Gasteiger partial charge in [-0.15, -0.1) is 0 Å². The summed E-state index contributed by atoms with van der Waals surface area (Å²) in [7, 11) is 0. The molecule has 2 aromatic carbocycles. The van der Waals surface area contributed by atoms with Crippen molar-refractivity contribution in [3.8, 4) is 0 Å². The average Bonchev–Trinajstić information content (AvgIpc) is 2.34. The molecule has 0 bridgehead atoms. The highest BCUT2D eigenvalue weighted by molar-refractivity contribution is 9.10. The summed E-state index contributed by atoms with van der Waals surface area (Å²) in [5.41, 5.74) is -0.175. The number of benzene rings is 2. The number of aryl methyl sites for hydroxylation is 1. The van der Waals surface area contributed by atoms with Gasteiger partial charge in [0, 0.05) is 15.1 Å². The van der Waals surface area contributed by atoms with Crippen molar-refractivity contribution in [3.63, 3.8) is 0 Å². The maximum atomic E-state index is 13.9. The first kappa shape index (κ1) is 14.2. The summed E-state index contributed by atoms with van der Waals surface area (Å²) in [4.78, 5) is 12.2. The third kappa shape index (κ3) is 2.69. The Morgan fingerprint density at radius 2 is 1.89 bits per heavy atom. The first-order chi connectivity index (χ1) is 8.91. The molecule has 0 unspecified atom stereocenters. The van der Waals surface area contributed by atoms with Gasteiger partial charge in [-0.1, -0.05) is 17.7 Å². The van der Waals surface area contributed by atoms with E-state index in [0.717, 1.165) is 6.07 Å². The highest BCUT2D eigenvalue weighted by atomic mass is 79.9. The fourth-order valence-corrected chi connectivity index (χ4v) is 2.54. The van der Waals surface area contributed by atoms with Crippen LogP contribution in [0.25, 0.3) is 0 Å². The minimum absolute atomic E-state index is 0.160. The summed E-state index contributed by atoms with van der Waals surface area (Å²) < 4.78 is 28.0. The van der Waals surface area contributed by atoms with E-state index in [1.807, 2.05) is 0 Å². The molecule has 0 aliphatic rings. The number of rotatable bonds is 2. The molecule has 0 N–H and O–H groups in total. The number of carbonyl (C=O) groups is 1. The Labute approximate surface area is 122 Å². The van der Waals surface area contributed by atoms with Crippen LogP contribution in [-0.2, 0) is 0 Å². The van der Waals surface area contributed by atoms with Crippen molar-refractivity contribution in [3.05, 3.63) is 68.2 Å². The lowest BCUT2D eigenvalue weighted by Crippen LogP contribution is -2.09. The van der Waals surface area contributed by atoms with Crippen LogP contribution in [-0.4, -0.2) is 5.78 Å². The van der Waals surface area contributed by atoms with Crippen LogP contribution in [0.1, 0.15) is 21.5 Å². The first-order valence-corrected chi connectivity index (χ1v) is 6.53. The van der Waals surface area contributed by atoms with Gasteiger partial charge in [0.2, 0.25) is 0 Å². The maximum absolute atomic E-state index is 13.9. The van der Waals surface area contributed by atoms with Gasteiger partial charge in [0.05, 0.1) is 5.56 Å². The quantitative estimate of drug-likeness (QED) is 0.706. The molecule has 0 fully saturated rings. The fraction of sp³-hybridized carbons (Fsp3) is 0.0714. The van der Waals surface area contributed by atoms with Crippen molar-refractivity contribution < 1.29 is 13.6 Å². The second-order valence-electron chi connectivity index (χ2n) is 4.01. The molecule has 98 valence electrons. The minimum atomic E-state index is -0.880. The second kappa shape index (κ2) is 5.39. The van der Waals surface area contributed by atoms with Crippen LogP contribution in [0.2, 0.25) is 5.02 Å². The summed E-state index contributed by atoms with van der Waals surface area (Å²) in [6, 6.07) is 6.79. The monoisotopic (exact) mass is 344 g/mol. The topological polar surface area (TPSA) is 17.1 Å². The molecule has 2 rings (SSSR count). The van der Waals surface area contributed by atoms with E-state index in [0.29, 0.717) is 9.50 Å². The SMILES string of the molecule is Cc1ccc(F)c(C(=O)c2ccc(Cl)cc2Br)c1F. The molecule has 0 saturated carbocycles. The Kier molecular flexibility index (Phi) is 4.02. The molecule has 0 heterocycles. The number of ketones is 1. The Balaban J connectivity index is 2.59. The first-order valence-electron chi connectivity index (χ1n) is 5.36. The number of hydrogen-bond donors (Lipinski definition) is 0. The molecule has 5 heteroatoms. The second-order valence-corrected chi connectivity index (χ2v) is 5.30. The molecule has 2 aromatic rings. The summed E-state index contributed by atoms with van der Waals surface area (Å²) in [6.07, 6.45) is 0. The van der Waals surface area contributed by atoms with E-state index in [1.165, 1.54) is 31.2 Å². The van der Waals surface area contributed by atoms with Crippen LogP contribution < -0.4 is 0 Å². The van der Waals surface area contributed by atoms with Gasteiger partial charge in [-0.3, -0.25) is 4.79 Å². The van der Waals surface area contributed by atoms with E-state index < -0.39 is 23.0 Å². The molecule has 19 heavy (non-hydrogen) atoms. The zero-order chi connectivity index (χ0) is 14.2. The van der Waals surface area contributed by atoms with Crippen LogP contribution in [0.5, 0.6) is 0 Å². The summed E-state index contributed by atoms with van der Waals surface area (Å²) in [5.74, 6) is -2.44. The van der Waals surface area contributed by atoms with E-state index >= 15 is 0 Å². The summed E-state index contributed by atoms with van der Waals surface area (Å²) in [5, 5.41) is 0.425. The number of hydrogen-bond acceptors (Lipinski definition) is 1. The summed E-state index contributed by atoms with van der Waals surface area (Å²) in [6.45, 7) is 1.47. The molecular weight excluding hydrogens is 338 g/mol. The van der Waals surface area contributed by atoms with Crippen LogP contribution in [0, 0.1) is 18.6 Å². The Hall–Kier alpha value is -1.26. The molecule has 0 aliphatic heterocycles. The third-order valence-corrected chi connectivity index (χ3v) is 3.58. The molecule has 0 aliphatic carbocycles. The Morgan fingerprint density at radius 3 is 2.53 bits per heavy atom. The highest BCUT2D eigenvalue weighted by Gasteiger charge is 2.22. The van der Waals surface area contributed by atoms with E-state index in [-0.39, 0.29) is 11.1 Å². The average molecular weight is 346 g/mol. The zero-order valence-corrected chi connectivity index (χ0v) is 12.1. The van der Waals surface area contributed by atoms with E-state index in [4.69, 9.17) is 11.6 Å². The van der Waals surface area contributed by atoms with Crippen molar-refractivity contribution in [2.75, 3.05) is 0 Å². The minimum Gasteiger partial charge on any atom is -0.288 e. The summed E-state index contributed by atoms with van der Waals surface area (Å²) >= 11 is 8.93. The molecular formula is C14H8BrClF2O. The Morgan fingerprint density at radius 1 is 1.21 bits per heavy atom. The molecule has 0 radical (unpaired) electrons. The lowest BCUT2D eigenvalue weighted by atomic mass is 10.0. The third-order valence-electron chi connectivity index (χ3n) is 2.69. The van der Waals surface area contributed by atoms with Crippen molar-refractivity contribution in [1.29, 1.82) is 0 Å². The van der Waals surface area contributed by atoms with Crippen LogP contribution >= 0.6 is 27.5 Å². The van der Waals surface area contributed by atoms with Gasteiger partial charge in [0.15, 0.2) is 5.78 Å². The molecule has 1 nitrogen and oxygen atoms in total. The molecule has 0 amide bonds. The van der Waals surface area contributed by atoms with Gasteiger partial charge < -0.3 is 0 Å². The van der Waals surface area contributed by atoms with Crippen molar-refractivity contribution in [1.82, 2.24) is 0 Å². The van der Waals surface area contributed by atoms with Crippen molar-refractivity contribution >= 4 is 33.3 Å². The van der Waals surface area contributed by atoms with Crippen LogP contribution in [0.15, 0.2) is 34.8 Å². The van der Waals surface area contributed by atoms with Crippen LogP contribution in [0.3, 0.4) is 0 Å². The van der Waals surface area contributed by atoms with Gasteiger partial charge in [0.25, 0.3) is 0 Å². The van der Waals surface area contributed by atoms with Crippen molar-refractivity contribution in [2.24, 2.45) is 0 Å². The molecule has 0 aromatic heterocycles. The fourth-order valence-electron chi connectivity index (χ4n) is 1.67. The maximum Gasteiger partial charge on any atom is 0.200 e. The molecule has 0 saturated heterocycles. The smallest absolute Gasteiger partial charge is 0.200 e. The normalized spacial score (nSPS) is 10.6. The van der Waals surface area contributed by atoms with Gasteiger partial charge in [-0.05, 0) is 52.7 Å². The largest absolute Gasteiger partial charge is 0.288 e. The molecule has 0 spiro atoms. The van der Waals surface area contributed by atoms with Crippen molar-refractivity contribution in [2.45, 2.75) is 6.92 Å². The lowest BCUT2D eigenvalue weighted by Gasteiger charge is -2.08. The zero-order valence-electron chi connectivity index (χ0n) is 9.81. The molecule has 0 atom stereocenters. The predicted molar refractivity (Wildman–Crippen MR) is 73.7 cm³/mol. The van der Waals surface area contributed by atoms with E-state index in [2.05, 4.69) is 15.9 Å². The number of halogens is 4. The van der Waals surface area contributed by atoms with Gasteiger partial charge in [-0.2, -0.15) is 0 Å². The Bertz CT molecular complexity index is 671. The lowest BCUT2D eigenvalue weighted by molar-refractivity contribution is 0.103. The predicted octanol–water partition coefficient (Wildman–Crippen LogP) is 4.92. The van der Waals surface area contributed by atoms with E-state index in [1.54, 1.807) is 0 Å². The van der Waals surface area contributed by atoms with Gasteiger partial charge in [-0.25, -0.2) is 8.78 Å². The van der Waals surface area contributed by atoms with Crippen LogP contribution in [0.4, 0.5) is 8.78 Å². The van der Waals surface area contributed by atoms with Gasteiger partial charge in [0.1, 0.15) is 11.6 Å². The van der Waals surface area contributed by atoms with E-state index in [9.17, 15) is 13.6 Å². The standard InChI is InChI=1S/C14H8BrClF2O/c1-7-2-5-11(17)12(13(7)18)14(19)9-4-3-8(16)6-10(9)15/h2-6H,1H3. The highest BCUT2D eigenvalue weighted by Crippen LogP contribution is 2.26. The number of carbonyl (C=O) groups excluding carboxylic acids is 1.